The van der Waals surface area contributed by atoms with E-state index in [1.54, 1.807) is 23.6 Å². The Bertz CT molecular complexity index is 551. The van der Waals surface area contributed by atoms with Crippen molar-refractivity contribution in [2.75, 3.05) is 5.32 Å². The van der Waals surface area contributed by atoms with Gasteiger partial charge in [0.25, 0.3) is 0 Å². The minimum Gasteiger partial charge on any atom is -0.478 e. The summed E-state index contributed by atoms with van der Waals surface area (Å²) in [5.41, 5.74) is 0.800. The highest BCUT2D eigenvalue weighted by molar-refractivity contribution is 7.12. The molecular formula is C13H14N2O2S. The molecule has 0 amide bonds. The van der Waals surface area contributed by atoms with Crippen LogP contribution in [0.4, 0.5) is 5.69 Å². The van der Waals surface area contributed by atoms with E-state index in [1.807, 2.05) is 0 Å². The molecule has 18 heavy (non-hydrogen) atoms. The molecule has 0 saturated heterocycles. The quantitative estimate of drug-likeness (QED) is 0.869. The van der Waals surface area contributed by atoms with E-state index in [4.69, 9.17) is 5.11 Å². The molecule has 0 saturated carbocycles. The third-order valence-electron chi connectivity index (χ3n) is 2.57. The summed E-state index contributed by atoms with van der Waals surface area (Å²) in [6, 6.07) is 5.85. The zero-order valence-electron chi connectivity index (χ0n) is 10.0. The lowest BCUT2D eigenvalue weighted by Gasteiger charge is -2.07. The summed E-state index contributed by atoms with van der Waals surface area (Å²) in [5.74, 6) is -0.967. The van der Waals surface area contributed by atoms with Gasteiger partial charge in [0, 0.05) is 28.7 Å². The molecule has 5 heteroatoms. The van der Waals surface area contributed by atoms with Crippen molar-refractivity contribution in [3.63, 3.8) is 0 Å². The largest absolute Gasteiger partial charge is 0.478 e. The second-order valence-corrected chi connectivity index (χ2v) is 5.05. The Morgan fingerprint density at radius 2 is 2.17 bits per heavy atom. The number of nitrogens with zero attached hydrogens (tertiary/aromatic N) is 1. The van der Waals surface area contributed by atoms with Crippen molar-refractivity contribution >= 4 is 23.0 Å². The molecular weight excluding hydrogens is 248 g/mol. The van der Waals surface area contributed by atoms with Crippen molar-refractivity contribution in [2.24, 2.45) is 0 Å². The van der Waals surface area contributed by atoms with E-state index in [9.17, 15) is 4.79 Å². The first-order chi connectivity index (χ1) is 8.70. The Morgan fingerprint density at radius 3 is 2.83 bits per heavy atom. The summed E-state index contributed by atoms with van der Waals surface area (Å²) in [6.45, 7) is 2.75. The maximum atomic E-state index is 11.0. The molecule has 4 nitrogen and oxygen atoms in total. The number of carboxylic acids is 1. The highest BCUT2D eigenvalue weighted by Gasteiger charge is 2.09. The lowest BCUT2D eigenvalue weighted by atomic mass is 10.2. The molecule has 2 rings (SSSR count). The van der Waals surface area contributed by atoms with Crippen molar-refractivity contribution in [3.05, 3.63) is 45.9 Å². The first kappa shape index (κ1) is 12.6. The molecule has 0 aromatic carbocycles. The Balaban J connectivity index is 2.08. The van der Waals surface area contributed by atoms with Crippen molar-refractivity contribution in [3.8, 4) is 0 Å². The smallest absolute Gasteiger partial charge is 0.339 e. The second kappa shape index (κ2) is 5.64. The van der Waals surface area contributed by atoms with Gasteiger partial charge >= 0.3 is 5.97 Å². The van der Waals surface area contributed by atoms with Crippen LogP contribution < -0.4 is 5.32 Å². The number of carboxylic acid groups (broad SMARTS) is 1. The number of thiophene rings is 1. The van der Waals surface area contributed by atoms with Crippen LogP contribution in [0.5, 0.6) is 0 Å². The SMILES string of the molecule is CCc1ccc(CNc2ccncc2C(=O)O)s1. The van der Waals surface area contributed by atoms with E-state index in [2.05, 4.69) is 29.4 Å². The van der Waals surface area contributed by atoms with Gasteiger partial charge in [0.15, 0.2) is 0 Å². The van der Waals surface area contributed by atoms with E-state index in [-0.39, 0.29) is 5.56 Å². The molecule has 0 unspecified atom stereocenters. The number of hydrogen-bond donors (Lipinski definition) is 2. The van der Waals surface area contributed by atoms with Gasteiger partial charge in [-0.2, -0.15) is 0 Å². The van der Waals surface area contributed by atoms with Gasteiger partial charge in [-0.3, -0.25) is 4.98 Å². The van der Waals surface area contributed by atoms with Crippen LogP contribution in [0.15, 0.2) is 30.6 Å². The van der Waals surface area contributed by atoms with E-state index >= 15 is 0 Å². The minimum absolute atomic E-state index is 0.199. The maximum Gasteiger partial charge on any atom is 0.339 e. The molecule has 0 spiro atoms. The molecule has 2 aromatic rings. The van der Waals surface area contributed by atoms with Crippen LogP contribution in [-0.2, 0) is 13.0 Å². The van der Waals surface area contributed by atoms with Crippen LogP contribution in [0, 0.1) is 0 Å². The number of pyridine rings is 1. The first-order valence-electron chi connectivity index (χ1n) is 5.69. The Morgan fingerprint density at radius 1 is 1.39 bits per heavy atom. The number of rotatable bonds is 5. The number of aryl methyl sites for hydroxylation is 1. The number of carbonyl (C=O) groups is 1. The zero-order valence-corrected chi connectivity index (χ0v) is 10.8. The summed E-state index contributed by atoms with van der Waals surface area (Å²) in [7, 11) is 0. The van der Waals surface area contributed by atoms with Crippen molar-refractivity contribution in [1.29, 1.82) is 0 Å². The zero-order chi connectivity index (χ0) is 13.0. The fourth-order valence-corrected chi connectivity index (χ4v) is 2.51. The number of hydrogen-bond acceptors (Lipinski definition) is 4. The molecule has 2 heterocycles. The van der Waals surface area contributed by atoms with E-state index in [0.29, 0.717) is 12.2 Å². The first-order valence-corrected chi connectivity index (χ1v) is 6.51. The predicted molar refractivity (Wildman–Crippen MR) is 72.2 cm³/mol. The Kier molecular flexibility index (Phi) is 3.94. The van der Waals surface area contributed by atoms with Gasteiger partial charge in [-0.25, -0.2) is 4.79 Å². The van der Waals surface area contributed by atoms with Crippen LogP contribution in [-0.4, -0.2) is 16.1 Å². The molecule has 0 aliphatic carbocycles. The molecule has 0 fully saturated rings. The van der Waals surface area contributed by atoms with Gasteiger partial charge in [-0.1, -0.05) is 6.92 Å². The molecule has 0 radical (unpaired) electrons. The number of aromatic carboxylic acids is 1. The maximum absolute atomic E-state index is 11.0. The summed E-state index contributed by atoms with van der Waals surface area (Å²) in [4.78, 5) is 17.4. The summed E-state index contributed by atoms with van der Waals surface area (Å²) in [5, 5.41) is 12.2. The Labute approximate surface area is 109 Å². The van der Waals surface area contributed by atoms with Crippen LogP contribution in [0.2, 0.25) is 0 Å². The van der Waals surface area contributed by atoms with Crippen molar-refractivity contribution in [2.45, 2.75) is 19.9 Å². The normalized spacial score (nSPS) is 10.3. The van der Waals surface area contributed by atoms with Gasteiger partial charge in [0.2, 0.25) is 0 Å². The highest BCUT2D eigenvalue weighted by atomic mass is 32.1. The fourth-order valence-electron chi connectivity index (χ4n) is 1.61. The standard InChI is InChI=1S/C13H14N2O2S/c1-2-9-3-4-10(18-9)7-15-12-5-6-14-8-11(12)13(16)17/h3-6,8H,2,7H2,1H3,(H,14,15)(H,16,17). The van der Waals surface area contributed by atoms with Gasteiger partial charge in [0.05, 0.1) is 5.69 Å². The van der Waals surface area contributed by atoms with E-state index in [0.717, 1.165) is 6.42 Å². The average Bonchev–Trinajstić information content (AvgIpc) is 2.84. The topological polar surface area (TPSA) is 62.2 Å². The van der Waals surface area contributed by atoms with E-state index in [1.165, 1.54) is 16.0 Å². The second-order valence-electron chi connectivity index (χ2n) is 3.80. The van der Waals surface area contributed by atoms with Gasteiger partial charge < -0.3 is 10.4 Å². The van der Waals surface area contributed by atoms with Gasteiger partial charge in [-0.05, 0) is 24.6 Å². The summed E-state index contributed by atoms with van der Waals surface area (Å²) in [6.07, 6.45) is 3.97. The molecule has 0 aliphatic heterocycles. The molecule has 94 valence electrons. The molecule has 0 aliphatic rings. The lowest BCUT2D eigenvalue weighted by molar-refractivity contribution is 0.0697. The van der Waals surface area contributed by atoms with Crippen molar-refractivity contribution in [1.82, 2.24) is 4.98 Å². The summed E-state index contributed by atoms with van der Waals surface area (Å²) < 4.78 is 0. The van der Waals surface area contributed by atoms with Crippen LogP contribution in [0.3, 0.4) is 0 Å². The number of nitrogens with one attached hydrogen (secondary N) is 1. The molecule has 0 atom stereocenters. The Hall–Kier alpha value is -1.88. The third-order valence-corrected chi connectivity index (χ3v) is 3.80. The monoisotopic (exact) mass is 262 g/mol. The molecule has 0 bridgehead atoms. The van der Waals surface area contributed by atoms with E-state index < -0.39 is 5.97 Å². The highest BCUT2D eigenvalue weighted by Crippen LogP contribution is 2.20. The third kappa shape index (κ3) is 2.87. The molecule has 2 aromatic heterocycles. The van der Waals surface area contributed by atoms with Crippen molar-refractivity contribution < 1.29 is 9.90 Å². The fraction of sp³-hybridized carbons (Fsp3) is 0.231. The summed E-state index contributed by atoms with van der Waals surface area (Å²) >= 11 is 1.74. The predicted octanol–water partition coefficient (Wildman–Crippen LogP) is 3.02. The van der Waals surface area contributed by atoms with Gasteiger partial charge in [-0.15, -0.1) is 11.3 Å². The van der Waals surface area contributed by atoms with Gasteiger partial charge in [0.1, 0.15) is 5.56 Å². The lowest BCUT2D eigenvalue weighted by Crippen LogP contribution is -2.06. The number of aromatic nitrogens is 1. The number of anilines is 1. The molecule has 2 N–H and O–H groups in total. The van der Waals surface area contributed by atoms with Crippen LogP contribution in [0.1, 0.15) is 27.0 Å². The average molecular weight is 262 g/mol. The minimum atomic E-state index is -0.967. The van der Waals surface area contributed by atoms with Crippen LogP contribution in [0.25, 0.3) is 0 Å². The van der Waals surface area contributed by atoms with Crippen LogP contribution >= 0.6 is 11.3 Å².